The van der Waals surface area contributed by atoms with Crippen molar-refractivity contribution in [1.82, 2.24) is 0 Å². The lowest BCUT2D eigenvalue weighted by Gasteiger charge is -2.11. The summed E-state index contributed by atoms with van der Waals surface area (Å²) in [4.78, 5) is 0. The number of hydrogen-bond donors (Lipinski definition) is 1. The van der Waals surface area contributed by atoms with Gasteiger partial charge in [0.05, 0.1) is 19.4 Å². The second-order valence-corrected chi connectivity index (χ2v) is 3.74. The Balaban J connectivity index is 2.06. The topological polar surface area (TPSA) is 57.6 Å². The average Bonchev–Trinajstić information content (AvgIpc) is 2.85. The van der Waals surface area contributed by atoms with E-state index in [4.69, 9.17) is 19.6 Å². The van der Waals surface area contributed by atoms with E-state index in [1.54, 1.807) is 6.26 Å². The van der Waals surface area contributed by atoms with Gasteiger partial charge in [-0.2, -0.15) is 0 Å². The molecular weight excluding hydrogens is 230 g/mol. The SMILES string of the molecule is CCOc1ccccc1OCc1ccoc1CN. The number of rotatable bonds is 6. The Morgan fingerprint density at radius 1 is 1.11 bits per heavy atom. The molecule has 0 aliphatic heterocycles. The van der Waals surface area contributed by atoms with Crippen LogP contribution in [0.2, 0.25) is 0 Å². The molecule has 1 heterocycles. The van der Waals surface area contributed by atoms with E-state index in [9.17, 15) is 0 Å². The predicted molar refractivity (Wildman–Crippen MR) is 68.5 cm³/mol. The number of para-hydroxylation sites is 2. The molecule has 0 saturated heterocycles. The highest BCUT2D eigenvalue weighted by atomic mass is 16.5. The molecule has 4 heteroatoms. The van der Waals surface area contributed by atoms with Crippen LogP contribution in [-0.4, -0.2) is 6.61 Å². The molecule has 2 aromatic rings. The van der Waals surface area contributed by atoms with E-state index in [0.29, 0.717) is 19.8 Å². The van der Waals surface area contributed by atoms with Crippen LogP contribution >= 0.6 is 0 Å². The van der Waals surface area contributed by atoms with Crippen LogP contribution in [-0.2, 0) is 13.2 Å². The molecule has 2 rings (SSSR count). The molecule has 4 nitrogen and oxygen atoms in total. The molecular formula is C14H17NO3. The Bertz CT molecular complexity index is 493. The van der Waals surface area contributed by atoms with Crippen LogP contribution in [0.15, 0.2) is 41.0 Å². The molecule has 0 bridgehead atoms. The molecule has 1 aromatic carbocycles. The summed E-state index contributed by atoms with van der Waals surface area (Å²) in [6.45, 7) is 3.35. The van der Waals surface area contributed by atoms with Crippen molar-refractivity contribution >= 4 is 0 Å². The van der Waals surface area contributed by atoms with Crippen LogP contribution in [0.5, 0.6) is 11.5 Å². The van der Waals surface area contributed by atoms with Gasteiger partial charge in [-0.25, -0.2) is 0 Å². The maximum atomic E-state index is 5.74. The van der Waals surface area contributed by atoms with Gasteiger partial charge in [0.15, 0.2) is 11.5 Å². The van der Waals surface area contributed by atoms with Crippen molar-refractivity contribution in [3.05, 3.63) is 47.9 Å². The maximum absolute atomic E-state index is 5.74. The van der Waals surface area contributed by atoms with Crippen LogP contribution in [0.3, 0.4) is 0 Å². The van der Waals surface area contributed by atoms with Crippen molar-refractivity contribution < 1.29 is 13.9 Å². The molecule has 0 spiro atoms. The van der Waals surface area contributed by atoms with Crippen molar-refractivity contribution in [3.63, 3.8) is 0 Å². The Morgan fingerprint density at radius 2 is 1.83 bits per heavy atom. The molecule has 96 valence electrons. The summed E-state index contributed by atoms with van der Waals surface area (Å²) in [5, 5.41) is 0. The highest BCUT2D eigenvalue weighted by Gasteiger charge is 2.08. The van der Waals surface area contributed by atoms with E-state index in [1.807, 2.05) is 37.3 Å². The Labute approximate surface area is 106 Å². The molecule has 2 N–H and O–H groups in total. The molecule has 0 atom stereocenters. The first-order valence-corrected chi connectivity index (χ1v) is 5.95. The van der Waals surface area contributed by atoms with E-state index in [2.05, 4.69) is 0 Å². The van der Waals surface area contributed by atoms with Gasteiger partial charge in [0.2, 0.25) is 0 Å². The summed E-state index contributed by atoms with van der Waals surface area (Å²) in [5.74, 6) is 2.23. The Morgan fingerprint density at radius 3 is 2.50 bits per heavy atom. The highest BCUT2D eigenvalue weighted by Crippen LogP contribution is 2.27. The van der Waals surface area contributed by atoms with Gasteiger partial charge in [-0.15, -0.1) is 0 Å². The van der Waals surface area contributed by atoms with Gasteiger partial charge >= 0.3 is 0 Å². The number of furan rings is 1. The lowest BCUT2D eigenvalue weighted by Crippen LogP contribution is -2.03. The molecule has 0 fully saturated rings. The van der Waals surface area contributed by atoms with Crippen LogP contribution in [0.1, 0.15) is 18.2 Å². The van der Waals surface area contributed by atoms with Crippen molar-refractivity contribution in [1.29, 1.82) is 0 Å². The third kappa shape index (κ3) is 2.84. The minimum absolute atomic E-state index is 0.374. The van der Waals surface area contributed by atoms with Gasteiger partial charge < -0.3 is 19.6 Å². The first-order chi connectivity index (χ1) is 8.85. The molecule has 1 aromatic heterocycles. The summed E-state index contributed by atoms with van der Waals surface area (Å²) >= 11 is 0. The van der Waals surface area contributed by atoms with Gasteiger partial charge in [0.25, 0.3) is 0 Å². The van der Waals surface area contributed by atoms with Gasteiger partial charge in [0, 0.05) is 5.56 Å². The van der Waals surface area contributed by atoms with Gasteiger partial charge in [-0.3, -0.25) is 0 Å². The Kier molecular flexibility index (Phi) is 4.25. The second-order valence-electron chi connectivity index (χ2n) is 3.74. The fourth-order valence-electron chi connectivity index (χ4n) is 1.67. The van der Waals surface area contributed by atoms with Gasteiger partial charge in [-0.1, -0.05) is 12.1 Å². The number of nitrogens with two attached hydrogens (primary N) is 1. The summed E-state index contributed by atoms with van der Waals surface area (Å²) < 4.78 is 16.5. The van der Waals surface area contributed by atoms with Gasteiger partial charge in [0.1, 0.15) is 12.4 Å². The lowest BCUT2D eigenvalue weighted by atomic mass is 10.2. The zero-order valence-electron chi connectivity index (χ0n) is 10.4. The fraction of sp³-hybridized carbons (Fsp3) is 0.286. The van der Waals surface area contributed by atoms with E-state index in [0.717, 1.165) is 22.8 Å². The largest absolute Gasteiger partial charge is 0.490 e. The molecule has 0 aliphatic rings. The van der Waals surface area contributed by atoms with Gasteiger partial charge in [-0.05, 0) is 25.1 Å². The quantitative estimate of drug-likeness (QED) is 0.852. The van der Waals surface area contributed by atoms with E-state index in [1.165, 1.54) is 0 Å². The van der Waals surface area contributed by atoms with E-state index in [-0.39, 0.29) is 0 Å². The summed E-state index contributed by atoms with van der Waals surface area (Å²) in [7, 11) is 0. The normalized spacial score (nSPS) is 10.3. The minimum atomic E-state index is 0.374. The Hall–Kier alpha value is -1.94. The molecule has 0 amide bonds. The van der Waals surface area contributed by atoms with Crippen molar-refractivity contribution in [2.24, 2.45) is 5.73 Å². The molecule has 0 saturated carbocycles. The summed E-state index contributed by atoms with van der Waals surface area (Å²) in [5.41, 5.74) is 6.53. The third-order valence-electron chi connectivity index (χ3n) is 2.56. The fourth-order valence-corrected chi connectivity index (χ4v) is 1.67. The minimum Gasteiger partial charge on any atom is -0.490 e. The summed E-state index contributed by atoms with van der Waals surface area (Å²) in [6.07, 6.45) is 1.62. The second kappa shape index (κ2) is 6.12. The van der Waals surface area contributed by atoms with E-state index >= 15 is 0 Å². The number of benzene rings is 1. The predicted octanol–water partition coefficient (Wildman–Crippen LogP) is 2.72. The third-order valence-corrected chi connectivity index (χ3v) is 2.56. The monoisotopic (exact) mass is 247 g/mol. The zero-order valence-corrected chi connectivity index (χ0v) is 10.4. The zero-order chi connectivity index (χ0) is 12.8. The van der Waals surface area contributed by atoms with Crippen LogP contribution < -0.4 is 15.2 Å². The maximum Gasteiger partial charge on any atom is 0.161 e. The summed E-state index contributed by atoms with van der Waals surface area (Å²) in [6, 6.07) is 9.47. The van der Waals surface area contributed by atoms with E-state index < -0.39 is 0 Å². The van der Waals surface area contributed by atoms with Crippen molar-refractivity contribution in [2.45, 2.75) is 20.1 Å². The molecule has 0 unspecified atom stereocenters. The van der Waals surface area contributed by atoms with Crippen LogP contribution in [0, 0.1) is 0 Å². The first-order valence-electron chi connectivity index (χ1n) is 5.95. The van der Waals surface area contributed by atoms with Crippen LogP contribution in [0.4, 0.5) is 0 Å². The average molecular weight is 247 g/mol. The molecule has 0 aliphatic carbocycles. The standard InChI is InChI=1S/C14H17NO3/c1-2-16-12-5-3-4-6-13(12)18-10-11-7-8-17-14(11)9-15/h3-8H,2,9-10,15H2,1H3. The lowest BCUT2D eigenvalue weighted by molar-refractivity contribution is 0.267. The smallest absolute Gasteiger partial charge is 0.161 e. The van der Waals surface area contributed by atoms with Crippen LogP contribution in [0.25, 0.3) is 0 Å². The number of hydrogen-bond acceptors (Lipinski definition) is 4. The van der Waals surface area contributed by atoms with Crippen molar-refractivity contribution in [3.8, 4) is 11.5 Å². The highest BCUT2D eigenvalue weighted by molar-refractivity contribution is 5.39. The number of ether oxygens (including phenoxy) is 2. The molecule has 18 heavy (non-hydrogen) atoms. The first kappa shape index (κ1) is 12.5. The van der Waals surface area contributed by atoms with Crippen molar-refractivity contribution in [2.75, 3.05) is 6.61 Å². The molecule has 0 radical (unpaired) electrons.